The van der Waals surface area contributed by atoms with Crippen LogP contribution in [-0.2, 0) is 4.79 Å². The molecule has 0 bridgehead atoms. The lowest BCUT2D eigenvalue weighted by atomic mass is 10.2. The highest BCUT2D eigenvalue weighted by atomic mass is 32.2. The summed E-state index contributed by atoms with van der Waals surface area (Å²) in [5, 5.41) is 2.99. The van der Waals surface area contributed by atoms with Gasteiger partial charge in [0.2, 0.25) is 5.91 Å². The van der Waals surface area contributed by atoms with Crippen LogP contribution in [0.4, 0.5) is 10.1 Å². The molecule has 1 heterocycles. The van der Waals surface area contributed by atoms with Crippen LogP contribution in [0.1, 0.15) is 11.1 Å². The van der Waals surface area contributed by atoms with E-state index < -0.39 is 5.56 Å². The summed E-state index contributed by atoms with van der Waals surface area (Å²) >= 11 is 1.05. The van der Waals surface area contributed by atoms with Crippen molar-refractivity contribution in [2.75, 3.05) is 11.1 Å². The fraction of sp³-hybridized carbons (Fsp3) is 0.150. The summed E-state index contributed by atoms with van der Waals surface area (Å²) in [7, 11) is 0. The van der Waals surface area contributed by atoms with Gasteiger partial charge < -0.3 is 5.32 Å². The molecule has 1 aromatic heterocycles. The van der Waals surface area contributed by atoms with E-state index in [0.29, 0.717) is 11.3 Å². The van der Waals surface area contributed by atoms with E-state index in [1.807, 2.05) is 31.2 Å². The Balaban J connectivity index is 1.74. The number of thioether (sulfide) groups is 1. The number of benzene rings is 2. The summed E-state index contributed by atoms with van der Waals surface area (Å²) in [5.41, 5.74) is 2.21. The van der Waals surface area contributed by atoms with Crippen LogP contribution in [0.25, 0.3) is 5.69 Å². The molecule has 7 heteroatoms. The Morgan fingerprint density at radius 2 is 1.96 bits per heavy atom. The third-order valence-electron chi connectivity index (χ3n) is 4.00. The number of halogens is 1. The van der Waals surface area contributed by atoms with Gasteiger partial charge in [-0.05, 0) is 43.2 Å². The Morgan fingerprint density at radius 3 is 2.70 bits per heavy atom. The van der Waals surface area contributed by atoms with Gasteiger partial charge in [-0.2, -0.15) is 0 Å². The van der Waals surface area contributed by atoms with E-state index in [2.05, 4.69) is 10.3 Å². The molecular weight excluding hydrogens is 365 g/mol. The molecule has 0 spiro atoms. The number of rotatable bonds is 5. The second-order valence-corrected chi connectivity index (χ2v) is 6.96. The van der Waals surface area contributed by atoms with Crippen LogP contribution in [0.15, 0.2) is 64.7 Å². The first-order valence-electron chi connectivity index (χ1n) is 8.28. The average molecular weight is 383 g/mol. The SMILES string of the molecule is Cc1ccc(-n2ccnc(SCC(=O)Nc3ccccc3C)c2=O)cc1F. The van der Waals surface area contributed by atoms with Gasteiger partial charge in [0.25, 0.3) is 5.56 Å². The number of hydrogen-bond acceptors (Lipinski definition) is 4. The van der Waals surface area contributed by atoms with Crippen LogP contribution in [0.5, 0.6) is 0 Å². The number of aryl methyl sites for hydroxylation is 2. The first-order valence-corrected chi connectivity index (χ1v) is 9.27. The van der Waals surface area contributed by atoms with Crippen molar-refractivity contribution < 1.29 is 9.18 Å². The lowest BCUT2D eigenvalue weighted by Crippen LogP contribution is -2.22. The van der Waals surface area contributed by atoms with Gasteiger partial charge in [0.15, 0.2) is 5.03 Å². The molecule has 1 N–H and O–H groups in total. The summed E-state index contributed by atoms with van der Waals surface area (Å²) in [6.45, 7) is 3.56. The number of aromatic nitrogens is 2. The third-order valence-corrected chi connectivity index (χ3v) is 4.96. The zero-order valence-electron chi connectivity index (χ0n) is 14.9. The topological polar surface area (TPSA) is 64.0 Å². The maximum Gasteiger partial charge on any atom is 0.287 e. The van der Waals surface area contributed by atoms with Crippen molar-refractivity contribution in [2.45, 2.75) is 18.9 Å². The summed E-state index contributed by atoms with van der Waals surface area (Å²) in [6, 6.07) is 12.0. The first kappa shape index (κ1) is 18.8. The Labute approximate surface area is 160 Å². The molecule has 2 aromatic carbocycles. The highest BCUT2D eigenvalue weighted by molar-refractivity contribution is 7.99. The average Bonchev–Trinajstić information content (AvgIpc) is 2.65. The number of amides is 1. The van der Waals surface area contributed by atoms with Crippen molar-refractivity contribution in [2.24, 2.45) is 0 Å². The molecule has 0 saturated carbocycles. The number of para-hydroxylation sites is 1. The predicted molar refractivity (Wildman–Crippen MR) is 105 cm³/mol. The standard InChI is InChI=1S/C20H18FN3O2S/c1-13-7-8-15(11-16(13)21)24-10-9-22-19(20(24)26)27-12-18(25)23-17-6-4-3-5-14(17)2/h3-11H,12H2,1-2H3,(H,23,25). The molecule has 0 aliphatic carbocycles. The van der Waals surface area contributed by atoms with Gasteiger partial charge in [-0.25, -0.2) is 9.37 Å². The summed E-state index contributed by atoms with van der Waals surface area (Å²) < 4.78 is 15.1. The van der Waals surface area contributed by atoms with E-state index in [1.54, 1.807) is 19.1 Å². The maximum atomic E-state index is 13.8. The highest BCUT2D eigenvalue weighted by Gasteiger charge is 2.11. The van der Waals surface area contributed by atoms with Gasteiger partial charge in [-0.3, -0.25) is 14.2 Å². The fourth-order valence-electron chi connectivity index (χ4n) is 2.46. The molecule has 0 aliphatic heterocycles. The number of carbonyl (C=O) groups is 1. The molecule has 1 amide bonds. The highest BCUT2D eigenvalue weighted by Crippen LogP contribution is 2.17. The van der Waals surface area contributed by atoms with Crippen LogP contribution in [-0.4, -0.2) is 21.2 Å². The van der Waals surface area contributed by atoms with E-state index in [9.17, 15) is 14.0 Å². The molecule has 0 radical (unpaired) electrons. The van der Waals surface area contributed by atoms with Gasteiger partial charge >= 0.3 is 0 Å². The lowest BCUT2D eigenvalue weighted by Gasteiger charge is -2.09. The zero-order chi connectivity index (χ0) is 19.4. The Kier molecular flexibility index (Phi) is 5.71. The van der Waals surface area contributed by atoms with Crippen molar-refractivity contribution in [3.63, 3.8) is 0 Å². The van der Waals surface area contributed by atoms with Gasteiger partial charge in [0, 0.05) is 18.1 Å². The molecule has 5 nitrogen and oxygen atoms in total. The molecule has 27 heavy (non-hydrogen) atoms. The molecule has 0 aliphatic rings. The first-order chi connectivity index (χ1) is 13.0. The number of nitrogens with zero attached hydrogens (tertiary/aromatic N) is 2. The van der Waals surface area contributed by atoms with Crippen molar-refractivity contribution in [1.82, 2.24) is 9.55 Å². The van der Waals surface area contributed by atoms with Crippen molar-refractivity contribution in [3.8, 4) is 5.69 Å². The Morgan fingerprint density at radius 1 is 1.19 bits per heavy atom. The summed E-state index contributed by atoms with van der Waals surface area (Å²) in [6.07, 6.45) is 2.94. The van der Waals surface area contributed by atoms with Gasteiger partial charge in [-0.15, -0.1) is 0 Å². The molecule has 0 unspecified atom stereocenters. The van der Waals surface area contributed by atoms with Crippen LogP contribution >= 0.6 is 11.8 Å². The normalized spacial score (nSPS) is 10.6. The van der Waals surface area contributed by atoms with E-state index >= 15 is 0 Å². The molecule has 0 saturated heterocycles. The maximum absolute atomic E-state index is 13.8. The van der Waals surface area contributed by atoms with Gasteiger partial charge in [0.05, 0.1) is 11.4 Å². The van der Waals surface area contributed by atoms with Crippen molar-refractivity contribution in [3.05, 3.63) is 82.2 Å². The van der Waals surface area contributed by atoms with Crippen LogP contribution in [0.3, 0.4) is 0 Å². The minimum atomic E-state index is -0.394. The van der Waals surface area contributed by atoms with Gasteiger partial charge in [0.1, 0.15) is 5.82 Å². The van der Waals surface area contributed by atoms with Crippen LogP contribution < -0.4 is 10.9 Å². The number of anilines is 1. The minimum absolute atomic E-state index is 0.0445. The van der Waals surface area contributed by atoms with Gasteiger partial charge in [-0.1, -0.05) is 36.0 Å². The Bertz CT molecular complexity index is 1050. The van der Waals surface area contributed by atoms with Crippen molar-refractivity contribution in [1.29, 1.82) is 0 Å². The van der Waals surface area contributed by atoms with Crippen LogP contribution in [0.2, 0.25) is 0 Å². The number of carbonyl (C=O) groups excluding carboxylic acids is 1. The zero-order valence-corrected chi connectivity index (χ0v) is 15.7. The van der Waals surface area contributed by atoms with E-state index in [-0.39, 0.29) is 22.5 Å². The molecule has 138 valence electrons. The lowest BCUT2D eigenvalue weighted by molar-refractivity contribution is -0.113. The third kappa shape index (κ3) is 4.43. The van der Waals surface area contributed by atoms with Crippen molar-refractivity contribution >= 4 is 23.4 Å². The van der Waals surface area contributed by atoms with E-state index in [4.69, 9.17) is 0 Å². The van der Waals surface area contributed by atoms with E-state index in [0.717, 1.165) is 23.0 Å². The van der Waals surface area contributed by atoms with E-state index in [1.165, 1.54) is 23.0 Å². The smallest absolute Gasteiger partial charge is 0.287 e. The predicted octanol–water partition coefficient (Wildman–Crippen LogP) is 3.72. The second kappa shape index (κ2) is 8.18. The Hall–Kier alpha value is -2.93. The fourth-order valence-corrected chi connectivity index (χ4v) is 3.16. The number of hydrogen-bond donors (Lipinski definition) is 1. The van der Waals surface area contributed by atoms with Crippen LogP contribution in [0, 0.1) is 19.7 Å². The quantitative estimate of drug-likeness (QED) is 0.682. The number of nitrogens with one attached hydrogen (secondary N) is 1. The monoisotopic (exact) mass is 383 g/mol. The molecule has 3 rings (SSSR count). The largest absolute Gasteiger partial charge is 0.325 e. The minimum Gasteiger partial charge on any atom is -0.325 e. The second-order valence-electron chi connectivity index (χ2n) is 5.99. The molecule has 0 fully saturated rings. The summed E-state index contributed by atoms with van der Waals surface area (Å²) in [4.78, 5) is 28.8. The molecular formula is C20H18FN3O2S. The summed E-state index contributed by atoms with van der Waals surface area (Å²) in [5.74, 6) is -0.571. The molecule has 3 aromatic rings. The molecule has 0 atom stereocenters.